The Labute approximate surface area is 451 Å². The molecule has 0 spiro atoms. The molecule has 0 saturated carbocycles. The monoisotopic (exact) mass is 1040 g/mol. The summed E-state index contributed by atoms with van der Waals surface area (Å²) in [4.78, 5) is 26.5. The fourth-order valence-corrected chi connectivity index (χ4v) is 8.99. The van der Waals surface area contributed by atoms with Gasteiger partial charge in [-0.3, -0.25) is 9.59 Å². The molecule has 0 aromatic carbocycles. The number of carbonyl (C=O) groups is 2. The normalized spacial score (nSPS) is 19.8. The highest BCUT2D eigenvalue weighted by atomic mass is 16.7. The number of nitrogens with one attached hydrogen (secondary N) is 1. The molecule has 1 heterocycles. The van der Waals surface area contributed by atoms with Crippen LogP contribution in [0.15, 0.2) is 72.9 Å². The van der Waals surface area contributed by atoms with Gasteiger partial charge in [0, 0.05) is 6.42 Å². The second-order valence-electron chi connectivity index (χ2n) is 20.7. The average molecular weight is 1040 g/mol. The van der Waals surface area contributed by atoms with Gasteiger partial charge in [-0.15, -0.1) is 0 Å². The lowest BCUT2D eigenvalue weighted by Gasteiger charge is -2.41. The summed E-state index contributed by atoms with van der Waals surface area (Å²) >= 11 is 0. The molecule has 1 rings (SSSR count). The Bertz CT molecular complexity index is 1480. The van der Waals surface area contributed by atoms with E-state index in [4.69, 9.17) is 14.2 Å². The van der Waals surface area contributed by atoms with Crippen LogP contribution in [0.1, 0.15) is 252 Å². The molecule has 1 aliphatic rings. The van der Waals surface area contributed by atoms with E-state index in [1.165, 1.54) is 122 Å². The van der Waals surface area contributed by atoms with Crippen LogP contribution in [-0.4, -0.2) is 99.6 Å². The molecule has 0 radical (unpaired) electrons. The van der Waals surface area contributed by atoms with E-state index in [2.05, 4.69) is 74.7 Å². The van der Waals surface area contributed by atoms with Crippen molar-refractivity contribution in [1.29, 1.82) is 0 Å². The first kappa shape index (κ1) is 69.1. The van der Waals surface area contributed by atoms with Crippen molar-refractivity contribution >= 4 is 11.9 Å². The number of ether oxygens (including phenoxy) is 3. The van der Waals surface area contributed by atoms with Gasteiger partial charge in [-0.05, 0) is 89.9 Å². The van der Waals surface area contributed by atoms with Crippen LogP contribution in [0.4, 0.5) is 0 Å². The molecule has 8 unspecified atom stereocenters. The fourth-order valence-electron chi connectivity index (χ4n) is 8.99. The molecule has 11 heteroatoms. The van der Waals surface area contributed by atoms with Crippen molar-refractivity contribution in [3.8, 4) is 0 Å². The molecule has 0 aromatic rings. The van der Waals surface area contributed by atoms with Crippen LogP contribution in [0.3, 0.4) is 0 Å². The standard InChI is InChI=1S/C63H111NO10/c1-4-7-10-13-16-19-22-25-27-29-31-33-36-39-42-45-48-51-58(68)74-61-60(70)59(69)57(52-65)73-63(61)72-53-54(55(66)49-46-43-40-37-34-24-21-18-15-12-9-6-3)64-62(71)56(67)50-47-44-41-38-35-32-30-28-26-23-20-17-14-11-8-5-2/h16,19,25-28,31,33,39,42,46,49,54-57,59-61,63,65-67,69-70H,4-15,17-18,20-24,29-30,32,34-38,40-41,43-45,47-48,50-53H2,1-3H3,(H,64,71)/b19-16-,27-25-,28-26+,33-31-,42-39-,49-46+. The molecule has 1 fully saturated rings. The van der Waals surface area contributed by atoms with Crippen molar-refractivity contribution in [2.45, 2.75) is 301 Å². The van der Waals surface area contributed by atoms with E-state index in [-0.39, 0.29) is 19.4 Å². The number of hydrogen-bond donors (Lipinski definition) is 6. The Morgan fingerprint density at radius 2 is 0.932 bits per heavy atom. The summed E-state index contributed by atoms with van der Waals surface area (Å²) in [5.41, 5.74) is 0. The van der Waals surface area contributed by atoms with Gasteiger partial charge in [-0.1, -0.05) is 229 Å². The van der Waals surface area contributed by atoms with Crippen LogP contribution in [0.5, 0.6) is 0 Å². The van der Waals surface area contributed by atoms with Gasteiger partial charge in [0.05, 0.1) is 25.4 Å². The first-order chi connectivity index (χ1) is 36.2. The minimum atomic E-state index is -1.64. The van der Waals surface area contributed by atoms with E-state index in [0.29, 0.717) is 19.3 Å². The summed E-state index contributed by atoms with van der Waals surface area (Å²) in [6.45, 7) is 5.72. The molecule has 6 N–H and O–H groups in total. The molecular formula is C63H111NO10. The number of allylic oxidation sites excluding steroid dienone is 11. The number of rotatable bonds is 50. The van der Waals surface area contributed by atoms with Gasteiger partial charge in [0.1, 0.15) is 24.4 Å². The molecule has 8 atom stereocenters. The zero-order chi connectivity index (χ0) is 54.0. The third-order valence-electron chi connectivity index (χ3n) is 13.8. The summed E-state index contributed by atoms with van der Waals surface area (Å²) < 4.78 is 17.5. The second kappa shape index (κ2) is 50.9. The minimum absolute atomic E-state index is 0.0453. The fraction of sp³-hybridized carbons (Fsp3) is 0.778. The van der Waals surface area contributed by atoms with E-state index in [0.717, 1.165) is 77.0 Å². The van der Waals surface area contributed by atoms with Crippen molar-refractivity contribution in [2.75, 3.05) is 13.2 Å². The van der Waals surface area contributed by atoms with Crippen molar-refractivity contribution < 1.29 is 49.3 Å². The predicted molar refractivity (Wildman–Crippen MR) is 306 cm³/mol. The van der Waals surface area contributed by atoms with Crippen molar-refractivity contribution in [3.63, 3.8) is 0 Å². The Hall–Kier alpha value is -2.90. The van der Waals surface area contributed by atoms with Crippen molar-refractivity contribution in [1.82, 2.24) is 5.32 Å². The molecule has 1 saturated heterocycles. The van der Waals surface area contributed by atoms with Crippen LogP contribution in [0.2, 0.25) is 0 Å². The minimum Gasteiger partial charge on any atom is -0.454 e. The zero-order valence-corrected chi connectivity index (χ0v) is 47.2. The summed E-state index contributed by atoms with van der Waals surface area (Å²) in [5.74, 6) is -1.26. The maximum absolute atomic E-state index is 13.4. The lowest BCUT2D eigenvalue weighted by atomic mass is 9.99. The highest BCUT2D eigenvalue weighted by molar-refractivity contribution is 5.80. The predicted octanol–water partition coefficient (Wildman–Crippen LogP) is 14.0. The number of aliphatic hydroxyl groups excluding tert-OH is 5. The highest BCUT2D eigenvalue weighted by Gasteiger charge is 2.47. The van der Waals surface area contributed by atoms with Gasteiger partial charge in [0.15, 0.2) is 12.4 Å². The number of hydrogen-bond acceptors (Lipinski definition) is 10. The van der Waals surface area contributed by atoms with Gasteiger partial charge in [-0.25, -0.2) is 0 Å². The van der Waals surface area contributed by atoms with E-state index >= 15 is 0 Å². The van der Waals surface area contributed by atoms with Crippen molar-refractivity contribution in [2.24, 2.45) is 0 Å². The molecule has 11 nitrogen and oxygen atoms in total. The van der Waals surface area contributed by atoms with Gasteiger partial charge < -0.3 is 45.1 Å². The number of aliphatic hydroxyl groups is 5. The van der Waals surface area contributed by atoms with E-state index < -0.39 is 67.4 Å². The lowest BCUT2D eigenvalue weighted by molar-refractivity contribution is -0.305. The van der Waals surface area contributed by atoms with Gasteiger partial charge in [-0.2, -0.15) is 0 Å². The van der Waals surface area contributed by atoms with Crippen LogP contribution >= 0.6 is 0 Å². The van der Waals surface area contributed by atoms with Crippen LogP contribution in [0, 0.1) is 0 Å². The van der Waals surface area contributed by atoms with Gasteiger partial charge >= 0.3 is 5.97 Å². The van der Waals surface area contributed by atoms with E-state index in [9.17, 15) is 35.1 Å². The summed E-state index contributed by atoms with van der Waals surface area (Å²) in [7, 11) is 0. The number of carbonyl (C=O) groups excluding carboxylic acids is 2. The number of unbranched alkanes of at least 4 members (excludes halogenated alkanes) is 26. The third kappa shape index (κ3) is 38.6. The van der Waals surface area contributed by atoms with Crippen molar-refractivity contribution in [3.05, 3.63) is 72.9 Å². The van der Waals surface area contributed by atoms with Crippen LogP contribution < -0.4 is 5.32 Å². The third-order valence-corrected chi connectivity index (χ3v) is 13.8. The van der Waals surface area contributed by atoms with Gasteiger partial charge in [0.2, 0.25) is 5.91 Å². The summed E-state index contributed by atoms with van der Waals surface area (Å²) in [6.07, 6.45) is 53.7. The first-order valence-corrected chi connectivity index (χ1v) is 30.2. The Morgan fingerprint density at radius 1 is 0.527 bits per heavy atom. The topological polar surface area (TPSA) is 175 Å². The largest absolute Gasteiger partial charge is 0.454 e. The molecule has 428 valence electrons. The van der Waals surface area contributed by atoms with Crippen LogP contribution in [-0.2, 0) is 23.8 Å². The maximum atomic E-state index is 13.4. The Balaban J connectivity index is 2.75. The molecule has 0 bridgehead atoms. The molecule has 0 aliphatic carbocycles. The Morgan fingerprint density at radius 3 is 1.43 bits per heavy atom. The smallest absolute Gasteiger partial charge is 0.306 e. The highest BCUT2D eigenvalue weighted by Crippen LogP contribution is 2.26. The Kier molecular flexibility index (Phi) is 47.5. The average Bonchev–Trinajstić information content (AvgIpc) is 3.40. The summed E-state index contributed by atoms with van der Waals surface area (Å²) in [5, 5.41) is 56.9. The molecule has 1 aliphatic heterocycles. The maximum Gasteiger partial charge on any atom is 0.306 e. The van der Waals surface area contributed by atoms with Crippen LogP contribution in [0.25, 0.3) is 0 Å². The molecule has 1 amide bonds. The van der Waals surface area contributed by atoms with E-state index in [1.807, 2.05) is 18.2 Å². The summed E-state index contributed by atoms with van der Waals surface area (Å²) in [6, 6.07) is -1.04. The zero-order valence-electron chi connectivity index (χ0n) is 47.2. The SMILES string of the molecule is CCCCC/C=C\C/C=C\C/C=C\C/C=C\CCCC(=O)OC1C(OCC(NC(=O)C(O)CCCCCCCC/C=C/CCCCCCCC)C(O)/C=C/CCCCCCCCCCCC)OC(CO)C(O)C1O. The molecular weight excluding hydrogens is 931 g/mol. The lowest BCUT2D eigenvalue weighted by Crippen LogP contribution is -2.61. The van der Waals surface area contributed by atoms with Gasteiger partial charge in [0.25, 0.3) is 0 Å². The number of esters is 1. The quantitative estimate of drug-likeness (QED) is 0.0195. The van der Waals surface area contributed by atoms with E-state index in [1.54, 1.807) is 6.08 Å². The molecule has 74 heavy (non-hydrogen) atoms. The first-order valence-electron chi connectivity index (χ1n) is 30.2. The molecule has 0 aromatic heterocycles. The number of amides is 1. The second-order valence-corrected chi connectivity index (χ2v) is 20.7.